The summed E-state index contributed by atoms with van der Waals surface area (Å²) in [6.45, 7) is 8.65. The molecule has 19 heavy (non-hydrogen) atoms. The van der Waals surface area contributed by atoms with Crippen molar-refractivity contribution in [3.63, 3.8) is 0 Å². The van der Waals surface area contributed by atoms with Gasteiger partial charge in [0.1, 0.15) is 0 Å². The molecule has 2 rings (SSSR count). The van der Waals surface area contributed by atoms with Crippen molar-refractivity contribution in [2.45, 2.75) is 26.8 Å². The first-order valence-electron chi connectivity index (χ1n) is 7.20. The predicted octanol–water partition coefficient (Wildman–Crippen LogP) is 1.95. The van der Waals surface area contributed by atoms with E-state index in [1.807, 2.05) is 0 Å². The Balaban J connectivity index is 1.76. The topological polar surface area (TPSA) is 47.3 Å². The normalized spacial score (nSPS) is 17.5. The minimum absolute atomic E-state index is 0.178. The summed E-state index contributed by atoms with van der Waals surface area (Å²) in [7, 11) is 0. The molecule has 1 aliphatic rings. The van der Waals surface area contributed by atoms with Gasteiger partial charge in [-0.05, 0) is 23.5 Å². The first kappa shape index (κ1) is 14.5. The summed E-state index contributed by atoms with van der Waals surface area (Å²) in [5.41, 5.74) is 8.73. The van der Waals surface area contributed by atoms with Crippen LogP contribution in [0.2, 0.25) is 0 Å². The fourth-order valence-corrected chi connectivity index (χ4v) is 2.42. The van der Waals surface area contributed by atoms with Crippen LogP contribution in [-0.2, 0) is 17.7 Å². The highest BCUT2D eigenvalue weighted by atomic mass is 16.5. The van der Waals surface area contributed by atoms with Gasteiger partial charge in [0.2, 0.25) is 0 Å². The summed E-state index contributed by atoms with van der Waals surface area (Å²) >= 11 is 0. The third-order valence-electron chi connectivity index (χ3n) is 3.75. The van der Waals surface area contributed by atoms with Crippen molar-refractivity contribution in [1.29, 1.82) is 0 Å². The highest BCUT2D eigenvalue weighted by Crippen LogP contribution is 2.24. The summed E-state index contributed by atoms with van der Waals surface area (Å²) in [5, 5.41) is 3.50. The zero-order valence-corrected chi connectivity index (χ0v) is 12.1. The summed E-state index contributed by atoms with van der Waals surface area (Å²) in [4.78, 5) is 0. The van der Waals surface area contributed by atoms with Gasteiger partial charge in [-0.2, -0.15) is 0 Å². The van der Waals surface area contributed by atoms with Crippen LogP contribution >= 0.6 is 0 Å². The Labute approximate surface area is 116 Å². The van der Waals surface area contributed by atoms with Gasteiger partial charge in [-0.25, -0.2) is 0 Å². The molecule has 1 heterocycles. The molecule has 3 nitrogen and oxygen atoms in total. The van der Waals surface area contributed by atoms with E-state index in [2.05, 4.69) is 43.4 Å². The molecule has 1 fully saturated rings. The zero-order valence-electron chi connectivity index (χ0n) is 12.1. The minimum Gasteiger partial charge on any atom is -0.380 e. The molecule has 0 aliphatic carbocycles. The lowest BCUT2D eigenvalue weighted by Gasteiger charge is -2.40. The van der Waals surface area contributed by atoms with Gasteiger partial charge in [0, 0.05) is 25.0 Å². The van der Waals surface area contributed by atoms with Crippen molar-refractivity contribution >= 4 is 0 Å². The second kappa shape index (κ2) is 6.51. The first-order chi connectivity index (χ1) is 9.13. The van der Waals surface area contributed by atoms with Crippen LogP contribution in [0.1, 0.15) is 25.0 Å². The summed E-state index contributed by atoms with van der Waals surface area (Å²) in [6, 6.07) is 8.92. The maximum Gasteiger partial charge on any atom is 0.0569 e. The van der Waals surface area contributed by atoms with Crippen LogP contribution in [0.3, 0.4) is 0 Å². The van der Waals surface area contributed by atoms with E-state index in [1.165, 1.54) is 11.1 Å². The van der Waals surface area contributed by atoms with Gasteiger partial charge in [-0.3, -0.25) is 0 Å². The van der Waals surface area contributed by atoms with E-state index >= 15 is 0 Å². The Bertz CT molecular complexity index is 377. The number of benzene rings is 1. The fourth-order valence-electron chi connectivity index (χ4n) is 2.42. The number of hydrogen-bond donors (Lipinski definition) is 2. The predicted molar refractivity (Wildman–Crippen MR) is 79.0 cm³/mol. The lowest BCUT2D eigenvalue weighted by Crippen LogP contribution is -2.54. The molecular formula is C16H26N2O. The molecule has 0 aromatic heterocycles. The Morgan fingerprint density at radius 2 is 1.84 bits per heavy atom. The third kappa shape index (κ3) is 4.03. The van der Waals surface area contributed by atoms with Crippen molar-refractivity contribution in [2.24, 2.45) is 17.1 Å². The Hall–Kier alpha value is -0.900. The van der Waals surface area contributed by atoms with Crippen molar-refractivity contribution < 1.29 is 4.74 Å². The monoisotopic (exact) mass is 262 g/mol. The molecule has 0 saturated carbocycles. The number of ether oxygens (including phenoxy) is 1. The van der Waals surface area contributed by atoms with Gasteiger partial charge in [-0.15, -0.1) is 0 Å². The molecule has 0 bridgehead atoms. The second-order valence-corrected chi connectivity index (χ2v) is 6.21. The van der Waals surface area contributed by atoms with Gasteiger partial charge < -0.3 is 15.8 Å². The number of nitrogens with two attached hydrogens (primary N) is 1. The number of rotatable bonds is 7. The molecule has 3 N–H and O–H groups in total. The molecule has 0 spiro atoms. The highest BCUT2D eigenvalue weighted by molar-refractivity contribution is 5.22. The molecule has 1 aromatic rings. The summed E-state index contributed by atoms with van der Waals surface area (Å²) in [6.07, 6.45) is 1.15. The van der Waals surface area contributed by atoms with E-state index < -0.39 is 0 Å². The van der Waals surface area contributed by atoms with E-state index in [0.717, 1.165) is 32.7 Å². The molecule has 3 heteroatoms. The SMILES string of the molecule is CC(C)Cc1ccc(CNCC2(CN)COC2)cc1. The van der Waals surface area contributed by atoms with Gasteiger partial charge in [0.25, 0.3) is 0 Å². The molecule has 1 aromatic carbocycles. The number of hydrogen-bond acceptors (Lipinski definition) is 3. The van der Waals surface area contributed by atoms with Crippen molar-refractivity contribution in [3.05, 3.63) is 35.4 Å². The van der Waals surface area contributed by atoms with Gasteiger partial charge in [-0.1, -0.05) is 38.1 Å². The Morgan fingerprint density at radius 1 is 1.21 bits per heavy atom. The lowest BCUT2D eigenvalue weighted by atomic mass is 9.86. The quantitative estimate of drug-likeness (QED) is 0.789. The van der Waals surface area contributed by atoms with E-state index in [-0.39, 0.29) is 5.41 Å². The van der Waals surface area contributed by atoms with Gasteiger partial charge in [0.05, 0.1) is 13.2 Å². The molecule has 106 valence electrons. The minimum atomic E-state index is 0.178. The molecule has 1 aliphatic heterocycles. The van der Waals surface area contributed by atoms with Crippen LogP contribution in [0.4, 0.5) is 0 Å². The van der Waals surface area contributed by atoms with Crippen LogP contribution < -0.4 is 11.1 Å². The second-order valence-electron chi connectivity index (χ2n) is 6.21. The number of nitrogens with one attached hydrogen (secondary N) is 1. The lowest BCUT2D eigenvalue weighted by molar-refractivity contribution is -0.105. The van der Waals surface area contributed by atoms with Crippen LogP contribution in [0.25, 0.3) is 0 Å². The molecule has 0 atom stereocenters. The van der Waals surface area contributed by atoms with Crippen molar-refractivity contribution in [3.8, 4) is 0 Å². The fraction of sp³-hybridized carbons (Fsp3) is 0.625. The van der Waals surface area contributed by atoms with Gasteiger partial charge in [0.15, 0.2) is 0 Å². The Kier molecular flexibility index (Phi) is 4.97. The van der Waals surface area contributed by atoms with Crippen LogP contribution in [0.15, 0.2) is 24.3 Å². The maximum atomic E-state index is 5.79. The molecule has 0 amide bonds. The standard InChI is InChI=1S/C16H26N2O/c1-13(2)7-14-3-5-15(6-4-14)8-18-10-16(9-17)11-19-12-16/h3-6,13,18H,7-12,17H2,1-2H3. The van der Waals surface area contributed by atoms with Crippen LogP contribution in [-0.4, -0.2) is 26.3 Å². The third-order valence-corrected chi connectivity index (χ3v) is 3.75. The largest absolute Gasteiger partial charge is 0.380 e. The van der Waals surface area contributed by atoms with Crippen LogP contribution in [0.5, 0.6) is 0 Å². The van der Waals surface area contributed by atoms with E-state index in [0.29, 0.717) is 12.5 Å². The van der Waals surface area contributed by atoms with Crippen LogP contribution in [0, 0.1) is 11.3 Å². The first-order valence-corrected chi connectivity index (χ1v) is 7.20. The smallest absolute Gasteiger partial charge is 0.0569 e. The average molecular weight is 262 g/mol. The average Bonchev–Trinajstić information content (AvgIpc) is 2.34. The molecule has 0 radical (unpaired) electrons. The Morgan fingerprint density at radius 3 is 2.32 bits per heavy atom. The van der Waals surface area contributed by atoms with Crippen molar-refractivity contribution in [2.75, 3.05) is 26.3 Å². The molecule has 1 saturated heterocycles. The summed E-state index contributed by atoms with van der Waals surface area (Å²) < 4.78 is 5.26. The van der Waals surface area contributed by atoms with Gasteiger partial charge >= 0.3 is 0 Å². The highest BCUT2D eigenvalue weighted by Gasteiger charge is 2.36. The maximum absolute atomic E-state index is 5.79. The van der Waals surface area contributed by atoms with E-state index in [4.69, 9.17) is 10.5 Å². The zero-order chi connectivity index (χ0) is 13.7. The molecular weight excluding hydrogens is 236 g/mol. The van der Waals surface area contributed by atoms with E-state index in [9.17, 15) is 0 Å². The molecule has 0 unspecified atom stereocenters. The summed E-state index contributed by atoms with van der Waals surface area (Å²) in [5.74, 6) is 0.715. The van der Waals surface area contributed by atoms with Crippen molar-refractivity contribution in [1.82, 2.24) is 5.32 Å². The van der Waals surface area contributed by atoms with E-state index in [1.54, 1.807) is 0 Å².